The fraction of sp³-hybridized carbons (Fsp3) is 0.250. The van der Waals surface area contributed by atoms with E-state index < -0.39 is 6.61 Å². The van der Waals surface area contributed by atoms with Gasteiger partial charge in [0.15, 0.2) is 0 Å². The van der Waals surface area contributed by atoms with Gasteiger partial charge >= 0.3 is 6.61 Å². The first kappa shape index (κ1) is 16.7. The molecule has 5 nitrogen and oxygen atoms in total. The summed E-state index contributed by atoms with van der Waals surface area (Å²) in [6.07, 6.45) is 2.25. The zero-order chi connectivity index (χ0) is 16.7. The van der Waals surface area contributed by atoms with Crippen molar-refractivity contribution >= 4 is 5.91 Å². The van der Waals surface area contributed by atoms with E-state index in [1.807, 2.05) is 0 Å². The highest BCUT2D eigenvalue weighted by atomic mass is 19.3. The molecule has 1 N–H and O–H groups in total. The number of halogens is 2. The van der Waals surface area contributed by atoms with Gasteiger partial charge in [-0.15, -0.1) is 0 Å². The lowest BCUT2D eigenvalue weighted by Crippen LogP contribution is -2.26. The van der Waals surface area contributed by atoms with Crippen molar-refractivity contribution in [2.45, 2.75) is 19.6 Å². The number of pyridine rings is 1. The van der Waals surface area contributed by atoms with Gasteiger partial charge in [0.25, 0.3) is 5.91 Å². The molecule has 1 amide bonds. The predicted molar refractivity (Wildman–Crippen MR) is 80.7 cm³/mol. The summed E-state index contributed by atoms with van der Waals surface area (Å²) in [6.45, 7) is -2.09. The molecule has 0 unspecified atom stereocenters. The topological polar surface area (TPSA) is 60.3 Å². The molecule has 0 saturated heterocycles. The number of hydrogen-bond donors (Lipinski definition) is 1. The summed E-state index contributed by atoms with van der Waals surface area (Å²) in [5.41, 5.74) is 0.135. The number of ether oxygens (including phenoxy) is 1. The molecule has 0 aliphatic heterocycles. The normalized spacial score (nSPS) is 10.6. The van der Waals surface area contributed by atoms with E-state index in [1.54, 1.807) is 22.9 Å². The fourth-order valence-electron chi connectivity index (χ4n) is 2.01. The van der Waals surface area contributed by atoms with Gasteiger partial charge in [0.1, 0.15) is 5.75 Å². The molecule has 0 aliphatic carbocycles. The van der Waals surface area contributed by atoms with Crippen molar-refractivity contribution < 1.29 is 18.3 Å². The largest absolute Gasteiger partial charge is 0.435 e. The Kier molecular flexibility index (Phi) is 5.85. The summed E-state index contributed by atoms with van der Waals surface area (Å²) in [5.74, 6) is -0.450. The Morgan fingerprint density at radius 2 is 2.04 bits per heavy atom. The summed E-state index contributed by atoms with van der Waals surface area (Å²) in [5, 5.41) is 2.67. The van der Waals surface area contributed by atoms with E-state index in [4.69, 9.17) is 0 Å². The molecule has 0 saturated carbocycles. The van der Waals surface area contributed by atoms with E-state index in [1.165, 1.54) is 30.3 Å². The molecule has 0 radical (unpaired) electrons. The average molecular weight is 322 g/mol. The maximum Gasteiger partial charge on any atom is 0.387 e. The predicted octanol–water partition coefficient (Wildman–Crippen LogP) is 2.27. The molecule has 0 aliphatic rings. The van der Waals surface area contributed by atoms with Gasteiger partial charge in [-0.2, -0.15) is 8.78 Å². The highest BCUT2D eigenvalue weighted by Crippen LogP contribution is 2.15. The van der Waals surface area contributed by atoms with Crippen LogP contribution in [0.1, 0.15) is 16.8 Å². The monoisotopic (exact) mass is 322 g/mol. The number of carbonyl (C=O) groups excluding carboxylic acids is 1. The zero-order valence-electron chi connectivity index (χ0n) is 12.2. The standard InChI is InChI=1S/C16H16F2N2O3/c17-16(18)23-13-6-3-5-12(11-13)15(22)19-8-4-10-20-9-2-1-7-14(20)21/h1-3,5-7,9,11,16H,4,8,10H2,(H,19,22). The Balaban J connectivity index is 1.83. The number of aryl methyl sites for hydroxylation is 1. The van der Waals surface area contributed by atoms with E-state index in [9.17, 15) is 18.4 Å². The Morgan fingerprint density at radius 3 is 2.78 bits per heavy atom. The van der Waals surface area contributed by atoms with Gasteiger partial charge in [0.05, 0.1) is 0 Å². The summed E-state index contributed by atoms with van der Waals surface area (Å²) in [4.78, 5) is 23.4. The third kappa shape index (κ3) is 5.21. The molecule has 2 aromatic rings. The second kappa shape index (κ2) is 8.07. The number of hydrogen-bond acceptors (Lipinski definition) is 3. The number of alkyl halides is 2. The Labute approximate surface area is 131 Å². The minimum atomic E-state index is -2.93. The molecular weight excluding hydrogens is 306 g/mol. The van der Waals surface area contributed by atoms with Crippen LogP contribution in [0.2, 0.25) is 0 Å². The highest BCUT2D eigenvalue weighted by Gasteiger charge is 2.09. The van der Waals surface area contributed by atoms with Gasteiger partial charge in [0.2, 0.25) is 5.56 Å². The summed E-state index contributed by atoms with van der Waals surface area (Å²) in [6, 6.07) is 10.5. The van der Waals surface area contributed by atoms with Crippen molar-refractivity contribution in [1.29, 1.82) is 0 Å². The number of amides is 1. The minimum absolute atomic E-state index is 0.0662. The van der Waals surface area contributed by atoms with Gasteiger partial charge in [-0.05, 0) is 30.7 Å². The van der Waals surface area contributed by atoms with Crippen LogP contribution in [-0.4, -0.2) is 23.6 Å². The second-order valence-electron chi connectivity index (χ2n) is 4.75. The molecule has 1 heterocycles. The number of benzene rings is 1. The van der Waals surface area contributed by atoms with E-state index in [2.05, 4.69) is 10.1 Å². The average Bonchev–Trinajstić information content (AvgIpc) is 2.52. The Hall–Kier alpha value is -2.70. The maximum atomic E-state index is 12.1. The van der Waals surface area contributed by atoms with E-state index >= 15 is 0 Å². The van der Waals surface area contributed by atoms with Crippen LogP contribution in [-0.2, 0) is 6.54 Å². The van der Waals surface area contributed by atoms with Crippen LogP contribution in [0, 0.1) is 0 Å². The molecule has 2 rings (SSSR count). The zero-order valence-corrected chi connectivity index (χ0v) is 12.2. The first-order valence-corrected chi connectivity index (χ1v) is 7.05. The third-order valence-corrected chi connectivity index (χ3v) is 3.08. The fourth-order valence-corrected chi connectivity index (χ4v) is 2.01. The van der Waals surface area contributed by atoms with E-state index in [0.717, 1.165) is 0 Å². The summed E-state index contributed by atoms with van der Waals surface area (Å²) < 4.78 is 30.1. The molecule has 1 aromatic heterocycles. The SMILES string of the molecule is O=C(NCCCn1ccccc1=O)c1cccc(OC(F)F)c1. The van der Waals surface area contributed by atoms with Crippen LogP contribution < -0.4 is 15.6 Å². The molecule has 0 bridgehead atoms. The van der Waals surface area contributed by atoms with Crippen LogP contribution in [0.4, 0.5) is 8.78 Å². The van der Waals surface area contributed by atoms with Crippen LogP contribution in [0.5, 0.6) is 5.75 Å². The quantitative estimate of drug-likeness (QED) is 0.796. The minimum Gasteiger partial charge on any atom is -0.435 e. The summed E-state index contributed by atoms with van der Waals surface area (Å²) in [7, 11) is 0. The number of nitrogens with one attached hydrogen (secondary N) is 1. The van der Waals surface area contributed by atoms with Crippen molar-refractivity contribution in [2.75, 3.05) is 6.54 Å². The summed E-state index contributed by atoms with van der Waals surface area (Å²) >= 11 is 0. The smallest absolute Gasteiger partial charge is 0.387 e. The highest BCUT2D eigenvalue weighted by molar-refractivity contribution is 5.94. The third-order valence-electron chi connectivity index (χ3n) is 3.08. The molecule has 0 atom stereocenters. The molecule has 122 valence electrons. The molecule has 1 aromatic carbocycles. The van der Waals surface area contributed by atoms with Crippen molar-refractivity contribution in [1.82, 2.24) is 9.88 Å². The number of nitrogens with zero attached hydrogens (tertiary/aromatic N) is 1. The lowest BCUT2D eigenvalue weighted by Gasteiger charge is -2.08. The molecule has 23 heavy (non-hydrogen) atoms. The van der Waals surface area contributed by atoms with Crippen molar-refractivity contribution in [3.05, 3.63) is 64.6 Å². The number of aromatic nitrogens is 1. The van der Waals surface area contributed by atoms with Crippen molar-refractivity contribution in [3.8, 4) is 5.75 Å². The first-order chi connectivity index (χ1) is 11.1. The van der Waals surface area contributed by atoms with Gasteiger partial charge in [0, 0.05) is 30.9 Å². The molecule has 0 fully saturated rings. The second-order valence-corrected chi connectivity index (χ2v) is 4.75. The van der Waals surface area contributed by atoms with E-state index in [0.29, 0.717) is 19.5 Å². The van der Waals surface area contributed by atoms with Crippen LogP contribution in [0.25, 0.3) is 0 Å². The Bertz CT molecular complexity index is 716. The maximum absolute atomic E-state index is 12.1. The van der Waals surface area contributed by atoms with Gasteiger partial charge in [-0.1, -0.05) is 12.1 Å². The van der Waals surface area contributed by atoms with Gasteiger partial charge in [-0.3, -0.25) is 9.59 Å². The lowest BCUT2D eigenvalue weighted by molar-refractivity contribution is -0.0498. The first-order valence-electron chi connectivity index (χ1n) is 7.05. The van der Waals surface area contributed by atoms with Gasteiger partial charge < -0.3 is 14.6 Å². The van der Waals surface area contributed by atoms with Crippen LogP contribution in [0.3, 0.4) is 0 Å². The van der Waals surface area contributed by atoms with Crippen molar-refractivity contribution in [2.24, 2.45) is 0 Å². The van der Waals surface area contributed by atoms with Crippen LogP contribution in [0.15, 0.2) is 53.5 Å². The number of rotatable bonds is 7. The Morgan fingerprint density at radius 1 is 1.22 bits per heavy atom. The molecule has 0 spiro atoms. The lowest BCUT2D eigenvalue weighted by atomic mass is 10.2. The van der Waals surface area contributed by atoms with E-state index in [-0.39, 0.29) is 22.8 Å². The molecular formula is C16H16F2N2O3. The number of carbonyl (C=O) groups is 1. The van der Waals surface area contributed by atoms with Gasteiger partial charge in [-0.25, -0.2) is 0 Å². The van der Waals surface area contributed by atoms with Crippen molar-refractivity contribution in [3.63, 3.8) is 0 Å². The van der Waals surface area contributed by atoms with Crippen LogP contribution >= 0.6 is 0 Å². The molecule has 7 heteroatoms.